The van der Waals surface area contributed by atoms with E-state index in [2.05, 4.69) is 38.8 Å². The van der Waals surface area contributed by atoms with Crippen molar-refractivity contribution in [1.82, 2.24) is 0 Å². The van der Waals surface area contributed by atoms with E-state index >= 15 is 0 Å². The van der Waals surface area contributed by atoms with E-state index in [0.29, 0.717) is 28.6 Å². The molecule has 1 amide bonds. The Kier molecular flexibility index (Phi) is 9.56. The summed E-state index contributed by atoms with van der Waals surface area (Å²) < 4.78 is 40.6. The molecule has 1 aliphatic rings. The second-order valence-corrected chi connectivity index (χ2v) is 10.2. The molecular weight excluding hydrogens is 553 g/mol. The van der Waals surface area contributed by atoms with Gasteiger partial charge >= 0.3 is 6.36 Å². The number of carbonyl (C=O) groups excluding carboxylic acids is 1. The van der Waals surface area contributed by atoms with E-state index in [9.17, 15) is 18.0 Å². The SMILES string of the molecule is CC(C)c1ccccc1N1C(=O)CCS/C1=N/N=C\c1ccc(C(N)=NC=Nc2ccc(OC(F)(F)F)cc2)cc1. The summed E-state index contributed by atoms with van der Waals surface area (Å²) in [5.74, 6) is 0.730. The molecule has 1 fully saturated rings. The molecule has 0 bridgehead atoms. The molecule has 4 rings (SSSR count). The third kappa shape index (κ3) is 8.27. The van der Waals surface area contributed by atoms with Gasteiger partial charge in [0.2, 0.25) is 5.91 Å². The van der Waals surface area contributed by atoms with E-state index in [0.717, 1.165) is 28.9 Å². The number of amides is 1. The lowest BCUT2D eigenvalue weighted by molar-refractivity contribution is -0.274. The van der Waals surface area contributed by atoms with Crippen LogP contribution in [0.25, 0.3) is 0 Å². The number of anilines is 1. The molecule has 3 aromatic rings. The zero-order valence-corrected chi connectivity index (χ0v) is 23.1. The van der Waals surface area contributed by atoms with Gasteiger partial charge in [0.25, 0.3) is 0 Å². The number of amidine groups is 2. The van der Waals surface area contributed by atoms with Crippen LogP contribution >= 0.6 is 11.8 Å². The van der Waals surface area contributed by atoms with Crippen LogP contribution in [0.4, 0.5) is 24.5 Å². The predicted molar refractivity (Wildman–Crippen MR) is 159 cm³/mol. The van der Waals surface area contributed by atoms with Crippen molar-refractivity contribution in [2.45, 2.75) is 32.5 Å². The largest absolute Gasteiger partial charge is 0.573 e. The highest BCUT2D eigenvalue weighted by atomic mass is 32.2. The highest BCUT2D eigenvalue weighted by molar-refractivity contribution is 8.14. The number of hydrogen-bond donors (Lipinski definition) is 1. The molecule has 1 saturated heterocycles. The standard InChI is InChI=1S/C29H27F3N6O2S/c1-19(2)24-5-3-4-6-25(24)38-26(39)15-16-41-28(38)37-36-17-20-7-9-21(10-8-20)27(33)35-18-34-22-11-13-23(14-12-22)40-29(30,31)32/h3-14,17-19H,15-16H2,1-2H3,(H2,33,34,35)/b36-17-,37-28+. The van der Waals surface area contributed by atoms with Gasteiger partial charge in [-0.2, -0.15) is 5.10 Å². The van der Waals surface area contributed by atoms with E-state index in [1.807, 2.05) is 24.3 Å². The van der Waals surface area contributed by atoms with E-state index in [1.165, 1.54) is 30.2 Å². The topological polar surface area (TPSA) is 105 Å². The smallest absolute Gasteiger partial charge is 0.406 e. The first-order valence-corrected chi connectivity index (χ1v) is 13.6. The molecular formula is C29H27F3N6O2S. The predicted octanol–water partition coefficient (Wildman–Crippen LogP) is 6.63. The van der Waals surface area contributed by atoms with Crippen LogP contribution in [-0.2, 0) is 4.79 Å². The van der Waals surface area contributed by atoms with Gasteiger partial charge in [0, 0.05) is 17.7 Å². The van der Waals surface area contributed by atoms with Crippen LogP contribution in [0.1, 0.15) is 42.9 Å². The first kappa shape index (κ1) is 29.5. The lowest BCUT2D eigenvalue weighted by Crippen LogP contribution is -2.39. The van der Waals surface area contributed by atoms with Crippen molar-refractivity contribution in [3.8, 4) is 5.75 Å². The van der Waals surface area contributed by atoms with Gasteiger partial charge < -0.3 is 10.5 Å². The van der Waals surface area contributed by atoms with Crippen molar-refractivity contribution < 1.29 is 22.7 Å². The van der Waals surface area contributed by atoms with E-state index in [1.54, 1.807) is 35.4 Å². The number of alkyl halides is 3. The number of aliphatic imine (C=N–C) groups is 2. The number of nitrogens with zero attached hydrogens (tertiary/aromatic N) is 5. The summed E-state index contributed by atoms with van der Waals surface area (Å²) in [6.07, 6.45) is -1.52. The van der Waals surface area contributed by atoms with E-state index in [4.69, 9.17) is 5.73 Å². The molecule has 1 aliphatic heterocycles. The Labute approximate surface area is 239 Å². The van der Waals surface area contributed by atoms with E-state index in [-0.39, 0.29) is 23.4 Å². The highest BCUT2D eigenvalue weighted by Gasteiger charge is 2.31. The molecule has 0 aliphatic carbocycles. The average molecular weight is 581 g/mol. The van der Waals surface area contributed by atoms with Crippen LogP contribution in [-0.4, -0.2) is 41.6 Å². The maximum atomic E-state index is 12.8. The van der Waals surface area contributed by atoms with Gasteiger partial charge in [0.05, 0.1) is 17.6 Å². The second-order valence-electron chi connectivity index (χ2n) is 9.09. The fourth-order valence-corrected chi connectivity index (χ4v) is 4.75. The van der Waals surface area contributed by atoms with Crippen molar-refractivity contribution in [3.63, 3.8) is 0 Å². The van der Waals surface area contributed by atoms with Gasteiger partial charge in [-0.05, 0) is 47.4 Å². The van der Waals surface area contributed by atoms with Crippen LogP contribution in [0.15, 0.2) is 93.0 Å². The Bertz CT molecular complexity index is 1480. The summed E-state index contributed by atoms with van der Waals surface area (Å²) in [6, 6.07) is 20.0. The molecule has 41 heavy (non-hydrogen) atoms. The van der Waals surface area contributed by atoms with Crippen LogP contribution in [0.2, 0.25) is 0 Å². The van der Waals surface area contributed by atoms with Gasteiger partial charge in [0.1, 0.15) is 17.9 Å². The first-order chi connectivity index (χ1) is 19.6. The molecule has 2 N–H and O–H groups in total. The summed E-state index contributed by atoms with van der Waals surface area (Å²) in [6.45, 7) is 4.17. The zero-order chi connectivity index (χ0) is 29.4. The van der Waals surface area contributed by atoms with Gasteiger partial charge in [-0.3, -0.25) is 9.69 Å². The Morgan fingerprint density at radius 3 is 2.44 bits per heavy atom. The van der Waals surface area contributed by atoms with Crippen molar-refractivity contribution in [2.24, 2.45) is 25.9 Å². The molecule has 0 atom stereocenters. The Hall–Kier alpha value is -4.45. The summed E-state index contributed by atoms with van der Waals surface area (Å²) in [5, 5.41) is 9.12. The second kappa shape index (κ2) is 13.3. The molecule has 1 heterocycles. The fraction of sp³-hybridized carbons (Fsp3) is 0.207. The van der Waals surface area contributed by atoms with Crippen molar-refractivity contribution in [2.75, 3.05) is 10.7 Å². The number of ether oxygens (including phenoxy) is 1. The lowest BCUT2D eigenvalue weighted by atomic mass is 10.0. The summed E-state index contributed by atoms with van der Waals surface area (Å²) in [4.78, 5) is 22.6. The fourth-order valence-electron chi connectivity index (χ4n) is 3.85. The number of hydrogen-bond acceptors (Lipinski definition) is 6. The quantitative estimate of drug-likeness (QED) is 0.183. The number of para-hydroxylation sites is 1. The summed E-state index contributed by atoms with van der Waals surface area (Å²) >= 11 is 1.49. The molecule has 212 valence electrons. The van der Waals surface area contributed by atoms with Crippen molar-refractivity contribution in [1.29, 1.82) is 0 Å². The number of carbonyl (C=O) groups is 1. The van der Waals surface area contributed by atoms with Crippen molar-refractivity contribution in [3.05, 3.63) is 89.5 Å². The first-order valence-electron chi connectivity index (χ1n) is 12.6. The van der Waals surface area contributed by atoms with Crippen LogP contribution in [0.5, 0.6) is 5.75 Å². The lowest BCUT2D eigenvalue weighted by Gasteiger charge is -2.29. The molecule has 0 aromatic heterocycles. The molecule has 0 saturated carbocycles. The van der Waals surface area contributed by atoms with E-state index < -0.39 is 6.36 Å². The maximum Gasteiger partial charge on any atom is 0.573 e. The third-order valence-corrected chi connectivity index (χ3v) is 6.75. The van der Waals surface area contributed by atoms with Gasteiger partial charge in [-0.1, -0.05) is 68.1 Å². The molecule has 0 radical (unpaired) electrons. The zero-order valence-electron chi connectivity index (χ0n) is 22.2. The molecule has 12 heteroatoms. The third-order valence-electron chi connectivity index (χ3n) is 5.82. The number of halogens is 3. The van der Waals surface area contributed by atoms with Gasteiger partial charge in [-0.25, -0.2) is 9.98 Å². The number of thioether (sulfide) groups is 1. The molecule has 0 unspecified atom stereocenters. The van der Waals surface area contributed by atoms with Crippen LogP contribution < -0.4 is 15.4 Å². The summed E-state index contributed by atoms with van der Waals surface area (Å²) in [7, 11) is 0. The summed E-state index contributed by atoms with van der Waals surface area (Å²) in [5.41, 5.74) is 9.71. The average Bonchev–Trinajstić information content (AvgIpc) is 2.93. The van der Waals surface area contributed by atoms with Crippen LogP contribution in [0, 0.1) is 0 Å². The normalized spacial score (nSPS) is 16.0. The minimum Gasteiger partial charge on any atom is -0.406 e. The van der Waals surface area contributed by atoms with Gasteiger partial charge in [-0.15, -0.1) is 18.3 Å². The minimum atomic E-state index is -4.76. The van der Waals surface area contributed by atoms with Crippen LogP contribution in [0.3, 0.4) is 0 Å². The Morgan fingerprint density at radius 2 is 1.76 bits per heavy atom. The Balaban J connectivity index is 1.41. The Morgan fingerprint density at radius 1 is 1.05 bits per heavy atom. The molecule has 0 spiro atoms. The maximum absolute atomic E-state index is 12.8. The number of nitrogens with two attached hydrogens (primary N) is 1. The molecule has 3 aromatic carbocycles. The molecule has 8 nitrogen and oxygen atoms in total. The highest BCUT2D eigenvalue weighted by Crippen LogP contribution is 2.32. The minimum absolute atomic E-state index is 0.0130. The number of benzene rings is 3. The monoisotopic (exact) mass is 580 g/mol. The van der Waals surface area contributed by atoms with Gasteiger partial charge in [0.15, 0.2) is 5.17 Å². The van der Waals surface area contributed by atoms with Crippen molar-refractivity contribution >= 4 is 52.6 Å². The number of rotatable bonds is 8.